The summed E-state index contributed by atoms with van der Waals surface area (Å²) in [6.07, 6.45) is -1.08. The van der Waals surface area contributed by atoms with Crippen LogP contribution in [0.3, 0.4) is 0 Å². The third-order valence-electron chi connectivity index (χ3n) is 1.46. The van der Waals surface area contributed by atoms with Crippen molar-refractivity contribution in [3.8, 4) is 0 Å². The first-order chi connectivity index (χ1) is 5.11. The highest BCUT2D eigenvalue weighted by atomic mass is 32.1. The van der Waals surface area contributed by atoms with Gasteiger partial charge in [0, 0.05) is 6.54 Å². The number of carbonyl (C=O) groups is 1. The zero-order valence-corrected chi connectivity index (χ0v) is 6.39. The molecule has 0 saturated carbocycles. The van der Waals surface area contributed by atoms with Gasteiger partial charge < -0.3 is 20.8 Å². The molecule has 0 bridgehead atoms. The Hall–Kier alpha value is -0.880. The van der Waals surface area contributed by atoms with Gasteiger partial charge in [-0.1, -0.05) is 0 Å². The Morgan fingerprint density at radius 2 is 2.36 bits per heavy atom. The van der Waals surface area contributed by atoms with Crippen LogP contribution in [0.15, 0.2) is 0 Å². The minimum Gasteiger partial charge on any atom is -0.481 e. The maximum Gasteiger partial charge on any atom is 0.312 e. The fourth-order valence-corrected chi connectivity index (χ4v) is 1.03. The SMILES string of the molecule is O=C(O)C1CNC(=S)NC1O. The standard InChI is InChI=1S/C5H8N2O3S/c8-3-2(4(9)10)1-6-5(11)7-3/h2-3,8H,1H2,(H,9,10)(H2,6,7,11). The predicted molar refractivity (Wildman–Crippen MR) is 40.9 cm³/mol. The topological polar surface area (TPSA) is 81.6 Å². The van der Waals surface area contributed by atoms with E-state index in [2.05, 4.69) is 22.9 Å². The molecule has 2 unspecified atom stereocenters. The van der Waals surface area contributed by atoms with E-state index in [-0.39, 0.29) is 11.7 Å². The summed E-state index contributed by atoms with van der Waals surface area (Å²) >= 11 is 4.65. The molecule has 62 valence electrons. The zero-order valence-electron chi connectivity index (χ0n) is 5.57. The summed E-state index contributed by atoms with van der Waals surface area (Å²) in [5.74, 6) is -1.87. The van der Waals surface area contributed by atoms with Gasteiger partial charge in [0.05, 0.1) is 0 Å². The molecule has 0 aromatic heterocycles. The Labute approximate surface area is 68.4 Å². The third-order valence-corrected chi connectivity index (χ3v) is 1.72. The summed E-state index contributed by atoms with van der Waals surface area (Å²) in [7, 11) is 0. The fourth-order valence-electron chi connectivity index (χ4n) is 0.823. The monoisotopic (exact) mass is 176 g/mol. The van der Waals surface area contributed by atoms with Gasteiger partial charge in [0.2, 0.25) is 0 Å². The molecule has 1 fully saturated rings. The Balaban J connectivity index is 2.57. The molecule has 1 rings (SSSR count). The minimum absolute atomic E-state index is 0.169. The van der Waals surface area contributed by atoms with E-state index in [1.54, 1.807) is 0 Å². The quantitative estimate of drug-likeness (QED) is 0.363. The lowest BCUT2D eigenvalue weighted by atomic mass is 10.1. The second kappa shape index (κ2) is 3.02. The van der Waals surface area contributed by atoms with Crippen LogP contribution in [0, 0.1) is 5.92 Å². The number of aliphatic hydroxyl groups is 1. The molecule has 0 aliphatic carbocycles. The molecule has 0 amide bonds. The average molecular weight is 176 g/mol. The molecule has 0 spiro atoms. The first kappa shape index (κ1) is 8.22. The molecule has 0 aromatic rings. The molecular formula is C5H8N2O3S. The number of carboxylic acid groups (broad SMARTS) is 1. The van der Waals surface area contributed by atoms with Gasteiger partial charge >= 0.3 is 5.97 Å². The number of thiocarbonyl (C=S) groups is 1. The van der Waals surface area contributed by atoms with Gasteiger partial charge in [0.25, 0.3) is 0 Å². The molecule has 5 nitrogen and oxygen atoms in total. The van der Waals surface area contributed by atoms with Crippen LogP contribution in [0.4, 0.5) is 0 Å². The van der Waals surface area contributed by atoms with Gasteiger partial charge in [-0.25, -0.2) is 0 Å². The summed E-state index contributed by atoms with van der Waals surface area (Å²) in [6.45, 7) is 0.169. The van der Waals surface area contributed by atoms with Gasteiger partial charge in [-0.05, 0) is 12.2 Å². The van der Waals surface area contributed by atoms with E-state index in [1.807, 2.05) is 0 Å². The van der Waals surface area contributed by atoms with Crippen LogP contribution in [-0.2, 0) is 4.79 Å². The number of rotatable bonds is 1. The number of hydrogen-bond donors (Lipinski definition) is 4. The molecule has 2 atom stereocenters. The van der Waals surface area contributed by atoms with E-state index < -0.39 is 18.1 Å². The Morgan fingerprint density at radius 1 is 1.73 bits per heavy atom. The van der Waals surface area contributed by atoms with Crippen molar-refractivity contribution in [2.45, 2.75) is 6.23 Å². The second-order valence-electron chi connectivity index (χ2n) is 2.24. The number of aliphatic hydroxyl groups excluding tert-OH is 1. The van der Waals surface area contributed by atoms with E-state index in [9.17, 15) is 4.79 Å². The van der Waals surface area contributed by atoms with Crippen LogP contribution >= 0.6 is 12.2 Å². The van der Waals surface area contributed by atoms with Crippen molar-refractivity contribution in [1.29, 1.82) is 0 Å². The number of nitrogens with one attached hydrogen (secondary N) is 2. The van der Waals surface area contributed by atoms with Gasteiger partial charge in [-0.3, -0.25) is 4.79 Å². The smallest absolute Gasteiger partial charge is 0.312 e. The predicted octanol–water partition coefficient (Wildman–Crippen LogP) is -1.52. The first-order valence-electron chi connectivity index (χ1n) is 3.06. The summed E-state index contributed by atoms with van der Waals surface area (Å²) < 4.78 is 0. The van der Waals surface area contributed by atoms with Gasteiger partial charge in [-0.2, -0.15) is 0 Å². The lowest BCUT2D eigenvalue weighted by Gasteiger charge is -2.27. The molecule has 4 N–H and O–H groups in total. The largest absolute Gasteiger partial charge is 0.481 e. The van der Waals surface area contributed by atoms with Crippen LogP contribution in [-0.4, -0.2) is 34.1 Å². The lowest BCUT2D eigenvalue weighted by Crippen LogP contribution is -2.56. The van der Waals surface area contributed by atoms with E-state index in [1.165, 1.54) is 0 Å². The van der Waals surface area contributed by atoms with Crippen LogP contribution in [0.25, 0.3) is 0 Å². The summed E-state index contributed by atoms with van der Waals surface area (Å²) in [4.78, 5) is 10.4. The molecule has 0 aromatic carbocycles. The first-order valence-corrected chi connectivity index (χ1v) is 3.47. The Bertz CT molecular complexity index is 196. The molecule has 1 aliphatic heterocycles. The number of hydrogen-bond acceptors (Lipinski definition) is 3. The summed E-state index contributed by atoms with van der Waals surface area (Å²) in [6, 6.07) is 0. The second-order valence-corrected chi connectivity index (χ2v) is 2.65. The summed E-state index contributed by atoms with van der Waals surface area (Å²) in [5, 5.41) is 22.9. The van der Waals surface area contributed by atoms with Crippen molar-refractivity contribution in [1.82, 2.24) is 10.6 Å². The van der Waals surface area contributed by atoms with Crippen molar-refractivity contribution >= 4 is 23.3 Å². The van der Waals surface area contributed by atoms with Gasteiger partial charge in [0.15, 0.2) is 5.11 Å². The van der Waals surface area contributed by atoms with Gasteiger partial charge in [-0.15, -0.1) is 0 Å². The molecule has 1 saturated heterocycles. The zero-order chi connectivity index (χ0) is 8.43. The van der Waals surface area contributed by atoms with E-state index in [0.717, 1.165) is 0 Å². The van der Waals surface area contributed by atoms with Crippen LogP contribution in [0.5, 0.6) is 0 Å². The third kappa shape index (κ3) is 1.78. The Kier molecular flexibility index (Phi) is 2.25. The number of aliphatic carboxylic acids is 1. The van der Waals surface area contributed by atoms with E-state index in [0.29, 0.717) is 0 Å². The maximum atomic E-state index is 10.4. The van der Waals surface area contributed by atoms with Crippen LogP contribution in [0.1, 0.15) is 0 Å². The normalized spacial score (nSPS) is 30.5. The molecule has 1 aliphatic rings. The molecular weight excluding hydrogens is 168 g/mol. The lowest BCUT2D eigenvalue weighted by molar-refractivity contribution is -0.146. The fraction of sp³-hybridized carbons (Fsp3) is 0.600. The highest BCUT2D eigenvalue weighted by Crippen LogP contribution is 2.04. The summed E-state index contributed by atoms with van der Waals surface area (Å²) in [5.41, 5.74) is 0. The molecule has 6 heteroatoms. The van der Waals surface area contributed by atoms with Crippen molar-refractivity contribution in [3.63, 3.8) is 0 Å². The average Bonchev–Trinajstić information content (AvgIpc) is 1.85. The minimum atomic E-state index is -1.08. The highest BCUT2D eigenvalue weighted by molar-refractivity contribution is 7.80. The molecule has 11 heavy (non-hydrogen) atoms. The van der Waals surface area contributed by atoms with Crippen molar-refractivity contribution < 1.29 is 15.0 Å². The molecule has 0 radical (unpaired) electrons. The van der Waals surface area contributed by atoms with E-state index in [4.69, 9.17) is 10.2 Å². The van der Waals surface area contributed by atoms with Gasteiger partial charge in [0.1, 0.15) is 12.1 Å². The maximum absolute atomic E-state index is 10.4. The number of carboxylic acids is 1. The van der Waals surface area contributed by atoms with Crippen LogP contribution in [0.2, 0.25) is 0 Å². The van der Waals surface area contributed by atoms with Crippen molar-refractivity contribution in [2.24, 2.45) is 5.92 Å². The van der Waals surface area contributed by atoms with Crippen molar-refractivity contribution in [2.75, 3.05) is 6.54 Å². The van der Waals surface area contributed by atoms with Crippen molar-refractivity contribution in [3.05, 3.63) is 0 Å². The molecule has 1 heterocycles. The Morgan fingerprint density at radius 3 is 2.82 bits per heavy atom. The highest BCUT2D eigenvalue weighted by Gasteiger charge is 2.30. The van der Waals surface area contributed by atoms with E-state index >= 15 is 0 Å². The van der Waals surface area contributed by atoms with Crippen LogP contribution < -0.4 is 10.6 Å².